The van der Waals surface area contributed by atoms with E-state index in [1.54, 1.807) is 24.3 Å². The molecule has 0 amide bonds. The lowest BCUT2D eigenvalue weighted by Gasteiger charge is -2.14. The number of pyridine rings is 1. The van der Waals surface area contributed by atoms with Gasteiger partial charge in [0.05, 0.1) is 18.4 Å². The number of alkyl halides is 3. The van der Waals surface area contributed by atoms with Gasteiger partial charge >= 0.3 is 6.18 Å². The molecule has 1 heterocycles. The molecular weight excluding hydrogens is 367 g/mol. The summed E-state index contributed by atoms with van der Waals surface area (Å²) in [6.45, 7) is 0. The summed E-state index contributed by atoms with van der Waals surface area (Å²) in [5.74, 6) is 0. The number of nitrogens with zero attached hydrogens (tertiary/aromatic N) is 1. The molecule has 7 heteroatoms. The summed E-state index contributed by atoms with van der Waals surface area (Å²) in [5.41, 5.74) is -0.505. The molecular formula is C14H9BrF3NOS. The van der Waals surface area contributed by atoms with Crippen LogP contribution in [0, 0.1) is 0 Å². The Morgan fingerprint density at radius 1 is 1.29 bits per heavy atom. The van der Waals surface area contributed by atoms with E-state index >= 15 is 0 Å². The Morgan fingerprint density at radius 3 is 2.57 bits per heavy atom. The number of halogens is 4. The van der Waals surface area contributed by atoms with Crippen LogP contribution in [0.2, 0.25) is 0 Å². The molecule has 0 fully saturated rings. The first kappa shape index (κ1) is 15.9. The second-order valence-electron chi connectivity index (χ2n) is 4.12. The molecule has 0 bridgehead atoms. The maximum atomic E-state index is 13.2. The molecule has 0 N–H and O–H groups in total. The van der Waals surface area contributed by atoms with Gasteiger partial charge in [0, 0.05) is 21.8 Å². The minimum atomic E-state index is -4.54. The molecule has 1 aromatic carbocycles. The van der Waals surface area contributed by atoms with Crippen molar-refractivity contribution in [2.75, 3.05) is 7.11 Å². The molecule has 0 aliphatic carbocycles. The van der Waals surface area contributed by atoms with Crippen LogP contribution in [0.15, 0.2) is 41.0 Å². The fraction of sp³-hybridized carbons (Fsp3) is 0.143. The first-order valence-corrected chi connectivity index (χ1v) is 6.94. The quantitative estimate of drug-likeness (QED) is 0.700. The maximum absolute atomic E-state index is 13.2. The Morgan fingerprint density at radius 2 is 2.00 bits per heavy atom. The Labute approximate surface area is 133 Å². The van der Waals surface area contributed by atoms with Crippen LogP contribution in [0.5, 0.6) is 0 Å². The third kappa shape index (κ3) is 3.59. The second kappa shape index (κ2) is 6.11. The van der Waals surface area contributed by atoms with Gasteiger partial charge in [0.2, 0.25) is 0 Å². The highest BCUT2D eigenvalue weighted by molar-refractivity contribution is 9.10. The minimum Gasteiger partial charge on any atom is -0.486 e. The molecule has 2 nitrogen and oxygen atoms in total. The SMILES string of the molecule is COC(=S)c1cnc(-c2cccc(Br)c2)c(C(F)(F)F)c1. The van der Waals surface area contributed by atoms with Crippen molar-refractivity contribution in [3.8, 4) is 11.3 Å². The summed E-state index contributed by atoms with van der Waals surface area (Å²) in [7, 11) is 1.30. The third-order valence-corrected chi connectivity index (χ3v) is 3.61. The van der Waals surface area contributed by atoms with Crippen molar-refractivity contribution in [3.05, 3.63) is 52.1 Å². The summed E-state index contributed by atoms with van der Waals surface area (Å²) in [6.07, 6.45) is -3.26. The number of aromatic nitrogens is 1. The first-order valence-electron chi connectivity index (χ1n) is 5.74. The van der Waals surface area contributed by atoms with Crippen molar-refractivity contribution in [1.29, 1.82) is 0 Å². The second-order valence-corrected chi connectivity index (χ2v) is 5.41. The van der Waals surface area contributed by atoms with Crippen LogP contribution < -0.4 is 0 Å². The van der Waals surface area contributed by atoms with Crippen molar-refractivity contribution >= 4 is 33.2 Å². The number of hydrogen-bond donors (Lipinski definition) is 0. The highest BCUT2D eigenvalue weighted by Gasteiger charge is 2.35. The maximum Gasteiger partial charge on any atom is 0.418 e. The van der Waals surface area contributed by atoms with Gasteiger partial charge in [-0.15, -0.1) is 0 Å². The van der Waals surface area contributed by atoms with Crippen LogP contribution in [0.3, 0.4) is 0 Å². The van der Waals surface area contributed by atoms with Crippen molar-refractivity contribution in [1.82, 2.24) is 4.98 Å². The number of benzene rings is 1. The molecule has 0 saturated heterocycles. The zero-order chi connectivity index (χ0) is 15.6. The fourth-order valence-corrected chi connectivity index (χ4v) is 2.29. The van der Waals surface area contributed by atoms with Gasteiger partial charge in [-0.05, 0) is 30.4 Å². The molecule has 21 heavy (non-hydrogen) atoms. The molecule has 1 aromatic heterocycles. The topological polar surface area (TPSA) is 22.1 Å². The summed E-state index contributed by atoms with van der Waals surface area (Å²) in [6, 6.07) is 7.47. The zero-order valence-electron chi connectivity index (χ0n) is 10.7. The first-order chi connectivity index (χ1) is 9.82. The van der Waals surface area contributed by atoms with Gasteiger partial charge in [0.25, 0.3) is 0 Å². The van der Waals surface area contributed by atoms with Gasteiger partial charge < -0.3 is 4.74 Å². The minimum absolute atomic E-state index is 0.0335. The summed E-state index contributed by atoms with van der Waals surface area (Å²) < 4.78 is 45.2. The van der Waals surface area contributed by atoms with Crippen molar-refractivity contribution in [2.24, 2.45) is 0 Å². The van der Waals surface area contributed by atoms with Crippen LogP contribution in [0.1, 0.15) is 11.1 Å². The van der Waals surface area contributed by atoms with Crippen LogP contribution in [-0.4, -0.2) is 17.1 Å². The zero-order valence-corrected chi connectivity index (χ0v) is 13.1. The summed E-state index contributed by atoms with van der Waals surface area (Å²) >= 11 is 8.08. The molecule has 0 unspecified atom stereocenters. The Balaban J connectivity index is 2.63. The van der Waals surface area contributed by atoms with Gasteiger partial charge in [-0.1, -0.05) is 28.1 Å². The van der Waals surface area contributed by atoms with Crippen molar-refractivity contribution < 1.29 is 17.9 Å². The average Bonchev–Trinajstić information content (AvgIpc) is 2.45. The lowest BCUT2D eigenvalue weighted by atomic mass is 10.0. The van der Waals surface area contributed by atoms with Crippen LogP contribution in [0.25, 0.3) is 11.3 Å². The van der Waals surface area contributed by atoms with Crippen LogP contribution in [-0.2, 0) is 10.9 Å². The molecule has 0 atom stereocenters. The lowest BCUT2D eigenvalue weighted by Crippen LogP contribution is -2.11. The Kier molecular flexibility index (Phi) is 4.63. The van der Waals surface area contributed by atoms with Crippen LogP contribution >= 0.6 is 28.1 Å². The molecule has 0 spiro atoms. The molecule has 2 rings (SSSR count). The number of hydrogen-bond acceptors (Lipinski definition) is 3. The molecule has 0 aliphatic heterocycles. The van der Waals surface area contributed by atoms with Gasteiger partial charge in [-0.3, -0.25) is 4.98 Å². The van der Waals surface area contributed by atoms with Crippen molar-refractivity contribution in [3.63, 3.8) is 0 Å². The van der Waals surface area contributed by atoms with E-state index in [2.05, 4.69) is 20.9 Å². The Hall–Kier alpha value is -1.47. The highest BCUT2D eigenvalue weighted by Crippen LogP contribution is 2.37. The molecule has 110 valence electrons. The van der Waals surface area contributed by atoms with E-state index in [-0.39, 0.29) is 16.3 Å². The van der Waals surface area contributed by atoms with Gasteiger partial charge in [0.1, 0.15) is 0 Å². The number of methoxy groups -OCH3 is 1. The van der Waals surface area contributed by atoms with E-state index in [9.17, 15) is 13.2 Å². The van der Waals surface area contributed by atoms with Gasteiger partial charge in [-0.25, -0.2) is 0 Å². The molecule has 0 aliphatic rings. The molecule has 2 aromatic rings. The van der Waals surface area contributed by atoms with E-state index in [1.165, 1.54) is 13.3 Å². The molecule has 0 radical (unpaired) electrons. The number of thiocarbonyl (C=S) groups is 1. The van der Waals surface area contributed by atoms with Crippen LogP contribution in [0.4, 0.5) is 13.2 Å². The van der Waals surface area contributed by atoms with Gasteiger partial charge in [-0.2, -0.15) is 13.2 Å². The Bertz CT molecular complexity index is 688. The predicted octanol–water partition coefficient (Wildman–Crippen LogP) is 4.85. The number of ether oxygens (including phenoxy) is 1. The smallest absolute Gasteiger partial charge is 0.418 e. The van der Waals surface area contributed by atoms with E-state index in [4.69, 9.17) is 17.0 Å². The normalized spacial score (nSPS) is 11.3. The third-order valence-electron chi connectivity index (χ3n) is 2.71. The standard InChI is InChI=1S/C14H9BrF3NOS/c1-20-13(21)9-6-11(14(16,17)18)12(19-7-9)8-3-2-4-10(15)5-8/h2-7H,1H3. The van der Waals surface area contributed by atoms with Crippen molar-refractivity contribution in [2.45, 2.75) is 6.18 Å². The fourth-order valence-electron chi connectivity index (χ4n) is 1.78. The van der Waals surface area contributed by atoms with E-state index in [1.807, 2.05) is 0 Å². The summed E-state index contributed by atoms with van der Waals surface area (Å²) in [5, 5.41) is -0.0335. The van der Waals surface area contributed by atoms with E-state index < -0.39 is 11.7 Å². The lowest BCUT2D eigenvalue weighted by molar-refractivity contribution is -0.137. The summed E-state index contributed by atoms with van der Waals surface area (Å²) in [4.78, 5) is 3.92. The monoisotopic (exact) mass is 375 g/mol. The van der Waals surface area contributed by atoms with E-state index in [0.717, 1.165) is 6.07 Å². The highest BCUT2D eigenvalue weighted by atomic mass is 79.9. The average molecular weight is 376 g/mol. The van der Waals surface area contributed by atoms with E-state index in [0.29, 0.717) is 10.0 Å². The van der Waals surface area contributed by atoms with Gasteiger partial charge in [0.15, 0.2) is 5.05 Å². The predicted molar refractivity (Wildman–Crippen MR) is 81.1 cm³/mol. The largest absolute Gasteiger partial charge is 0.486 e. The number of rotatable bonds is 2. The molecule has 0 saturated carbocycles.